The number of benzene rings is 2. The summed E-state index contributed by atoms with van der Waals surface area (Å²) in [5.41, 5.74) is 8.09. The molecule has 11 heteroatoms. The average molecular weight is 570 g/mol. The molecule has 0 fully saturated rings. The topological polar surface area (TPSA) is 120 Å². The molecule has 41 heavy (non-hydrogen) atoms. The largest absolute Gasteiger partial charge is 0.338 e. The van der Waals surface area contributed by atoms with Crippen LogP contribution in [-0.4, -0.2) is 58.8 Å². The number of pyridine rings is 2. The molecule has 6 aromatic rings. The first-order chi connectivity index (χ1) is 19.6. The molecular formula is C30H28FN7O2S. The van der Waals surface area contributed by atoms with E-state index in [2.05, 4.69) is 46.9 Å². The number of aromatic nitrogens is 5. The van der Waals surface area contributed by atoms with Gasteiger partial charge in [-0.2, -0.15) is 5.10 Å². The highest BCUT2D eigenvalue weighted by Crippen LogP contribution is 2.35. The summed E-state index contributed by atoms with van der Waals surface area (Å²) >= 11 is 0. The molecule has 4 aromatic heterocycles. The van der Waals surface area contributed by atoms with Gasteiger partial charge in [-0.15, -0.1) is 0 Å². The minimum absolute atomic E-state index is 0.00856. The molecule has 0 unspecified atom stereocenters. The van der Waals surface area contributed by atoms with E-state index >= 15 is 0 Å². The van der Waals surface area contributed by atoms with Crippen LogP contribution in [-0.2, 0) is 23.1 Å². The molecule has 0 atom stereocenters. The molecule has 208 valence electrons. The maximum absolute atomic E-state index is 14.6. The van der Waals surface area contributed by atoms with Gasteiger partial charge in [0, 0.05) is 48.0 Å². The second-order valence-corrected chi connectivity index (χ2v) is 12.2. The minimum Gasteiger partial charge on any atom is -0.338 e. The summed E-state index contributed by atoms with van der Waals surface area (Å²) in [5, 5.41) is 9.45. The summed E-state index contributed by atoms with van der Waals surface area (Å²) < 4.78 is 40.1. The number of sulfonamides is 1. The summed E-state index contributed by atoms with van der Waals surface area (Å²) in [6.45, 7) is 0.789. The van der Waals surface area contributed by atoms with E-state index in [4.69, 9.17) is 0 Å². The Morgan fingerprint density at radius 2 is 1.76 bits per heavy atom. The normalized spacial score (nSPS) is 12.1. The molecule has 6 rings (SSSR count). The van der Waals surface area contributed by atoms with E-state index in [0.29, 0.717) is 16.8 Å². The average Bonchev–Trinajstić information content (AvgIpc) is 3.54. The molecule has 0 radical (unpaired) electrons. The van der Waals surface area contributed by atoms with Crippen LogP contribution in [0.15, 0.2) is 73.2 Å². The summed E-state index contributed by atoms with van der Waals surface area (Å²) in [6.07, 6.45) is 6.47. The summed E-state index contributed by atoms with van der Waals surface area (Å²) in [7, 11) is 0.639. The van der Waals surface area contributed by atoms with Gasteiger partial charge in [-0.1, -0.05) is 6.07 Å². The first-order valence-corrected chi connectivity index (χ1v) is 14.8. The first kappa shape index (κ1) is 26.8. The Labute approximate surface area is 236 Å². The van der Waals surface area contributed by atoms with Crippen LogP contribution in [0.5, 0.6) is 0 Å². The summed E-state index contributed by atoms with van der Waals surface area (Å²) in [4.78, 5) is 14.4. The molecule has 4 heterocycles. The van der Waals surface area contributed by atoms with E-state index in [1.54, 1.807) is 12.3 Å². The van der Waals surface area contributed by atoms with Crippen LogP contribution in [0.25, 0.3) is 55.6 Å². The Bertz CT molecular complexity index is 2010. The number of nitrogens with zero attached hydrogens (tertiary/aromatic N) is 4. The number of hydrogen-bond donors (Lipinski definition) is 3. The van der Waals surface area contributed by atoms with Crippen molar-refractivity contribution in [2.45, 2.75) is 13.1 Å². The molecule has 0 spiro atoms. The van der Waals surface area contributed by atoms with Crippen LogP contribution in [0, 0.1) is 5.82 Å². The van der Waals surface area contributed by atoms with Crippen LogP contribution in [0.2, 0.25) is 0 Å². The zero-order valence-corrected chi connectivity index (χ0v) is 23.6. The number of H-pyrrole nitrogens is 2. The highest BCUT2D eigenvalue weighted by Gasteiger charge is 2.16. The van der Waals surface area contributed by atoms with Gasteiger partial charge in [0.1, 0.15) is 17.2 Å². The lowest BCUT2D eigenvalue weighted by molar-refractivity contribution is 0.402. The molecule has 0 aliphatic heterocycles. The Kier molecular flexibility index (Phi) is 6.86. The van der Waals surface area contributed by atoms with Crippen LogP contribution >= 0.6 is 0 Å². The smallest absolute Gasteiger partial charge is 0.209 e. The highest BCUT2D eigenvalue weighted by atomic mass is 32.2. The Morgan fingerprint density at radius 1 is 0.927 bits per heavy atom. The summed E-state index contributed by atoms with van der Waals surface area (Å²) in [5.74, 6) is -0.455. The second-order valence-electron chi connectivity index (χ2n) is 10.4. The van der Waals surface area contributed by atoms with Gasteiger partial charge in [0.15, 0.2) is 0 Å². The number of fused-ring (bicyclic) bond motifs is 2. The third kappa shape index (κ3) is 5.73. The second kappa shape index (κ2) is 10.5. The zero-order chi connectivity index (χ0) is 28.7. The van der Waals surface area contributed by atoms with Crippen molar-refractivity contribution in [2.75, 3.05) is 20.4 Å². The monoisotopic (exact) mass is 569 g/mol. The van der Waals surface area contributed by atoms with Crippen molar-refractivity contribution >= 4 is 32.0 Å². The third-order valence-electron chi connectivity index (χ3n) is 6.78. The molecule has 0 bridgehead atoms. The van der Waals surface area contributed by atoms with E-state index in [1.165, 1.54) is 12.1 Å². The van der Waals surface area contributed by atoms with Gasteiger partial charge in [0.2, 0.25) is 10.0 Å². The van der Waals surface area contributed by atoms with E-state index in [9.17, 15) is 12.8 Å². The van der Waals surface area contributed by atoms with E-state index in [0.717, 1.165) is 62.7 Å². The SMILES string of the molecule is CN(C)Cc1cncc(-c2ccc3[nH]nc(-c4cc5c(-c6cc(F)cc(CNS(C)(=O)=O)c6)ccnc5[nH]4)c3c2)c1. The van der Waals surface area contributed by atoms with Gasteiger partial charge in [0.25, 0.3) is 0 Å². The highest BCUT2D eigenvalue weighted by molar-refractivity contribution is 7.88. The van der Waals surface area contributed by atoms with E-state index in [1.807, 2.05) is 50.8 Å². The van der Waals surface area contributed by atoms with E-state index in [-0.39, 0.29) is 6.54 Å². The lowest BCUT2D eigenvalue weighted by Crippen LogP contribution is -2.21. The molecule has 0 saturated heterocycles. The van der Waals surface area contributed by atoms with Gasteiger partial charge in [-0.25, -0.2) is 22.5 Å². The number of rotatable bonds is 8. The maximum Gasteiger partial charge on any atom is 0.209 e. The Morgan fingerprint density at radius 3 is 2.56 bits per heavy atom. The molecule has 3 N–H and O–H groups in total. The van der Waals surface area contributed by atoms with Crippen molar-refractivity contribution in [3.8, 4) is 33.6 Å². The van der Waals surface area contributed by atoms with Crippen molar-refractivity contribution in [3.05, 3.63) is 90.1 Å². The van der Waals surface area contributed by atoms with Gasteiger partial charge < -0.3 is 9.88 Å². The standard InChI is InChI=1S/C30H28FN7O2S/c1-38(2)17-19-9-22(16-32-14-19)20-4-5-27-26(12-20)29(37-36-27)28-13-25-24(6-7-33-30(25)35-28)21-8-18(10-23(31)11-21)15-34-41(3,39)40/h4-14,16,34H,15,17H2,1-3H3,(H,33,35)(H,36,37). The molecule has 0 aliphatic carbocycles. The predicted molar refractivity (Wildman–Crippen MR) is 159 cm³/mol. The van der Waals surface area contributed by atoms with E-state index < -0.39 is 15.8 Å². The molecule has 0 amide bonds. The lowest BCUT2D eigenvalue weighted by atomic mass is 10.0. The van der Waals surface area contributed by atoms with Crippen molar-refractivity contribution in [1.82, 2.24) is 34.8 Å². The van der Waals surface area contributed by atoms with Crippen LogP contribution in [0.4, 0.5) is 4.39 Å². The first-order valence-electron chi connectivity index (χ1n) is 12.9. The third-order valence-corrected chi connectivity index (χ3v) is 7.45. The van der Waals surface area contributed by atoms with Crippen molar-refractivity contribution in [2.24, 2.45) is 0 Å². The maximum atomic E-state index is 14.6. The number of halogens is 1. The van der Waals surface area contributed by atoms with Crippen molar-refractivity contribution < 1.29 is 12.8 Å². The van der Waals surface area contributed by atoms with Gasteiger partial charge in [-0.3, -0.25) is 10.1 Å². The molecule has 0 saturated carbocycles. The number of nitrogens with one attached hydrogen (secondary N) is 3. The number of hydrogen-bond acceptors (Lipinski definition) is 6. The number of aromatic amines is 2. The predicted octanol–water partition coefficient (Wildman–Crippen LogP) is 5.09. The molecule has 2 aromatic carbocycles. The zero-order valence-electron chi connectivity index (χ0n) is 22.7. The molecule has 9 nitrogen and oxygen atoms in total. The Hall–Kier alpha value is -4.45. The van der Waals surface area contributed by atoms with Crippen LogP contribution in [0.3, 0.4) is 0 Å². The molecule has 0 aliphatic rings. The van der Waals surface area contributed by atoms with Crippen molar-refractivity contribution in [1.29, 1.82) is 0 Å². The van der Waals surface area contributed by atoms with Crippen molar-refractivity contribution in [3.63, 3.8) is 0 Å². The minimum atomic E-state index is -3.42. The fraction of sp³-hybridized carbons (Fsp3) is 0.167. The molecular weight excluding hydrogens is 541 g/mol. The van der Waals surface area contributed by atoms with Gasteiger partial charge in [-0.05, 0) is 90.4 Å². The lowest BCUT2D eigenvalue weighted by Gasteiger charge is -2.10. The van der Waals surface area contributed by atoms with Gasteiger partial charge in [0.05, 0.1) is 17.5 Å². The summed E-state index contributed by atoms with van der Waals surface area (Å²) in [6, 6.07) is 16.6. The quantitative estimate of drug-likeness (QED) is 0.235. The van der Waals surface area contributed by atoms with Gasteiger partial charge >= 0.3 is 0 Å². The Balaban J connectivity index is 1.40. The fourth-order valence-electron chi connectivity index (χ4n) is 5.02. The fourth-order valence-corrected chi connectivity index (χ4v) is 5.45. The van der Waals surface area contributed by atoms with Crippen LogP contribution in [0.1, 0.15) is 11.1 Å². The van der Waals surface area contributed by atoms with Crippen LogP contribution < -0.4 is 4.72 Å².